The molecule has 7 nitrogen and oxygen atoms in total. The number of piperazine rings is 1. The first-order valence-corrected chi connectivity index (χ1v) is 9.97. The predicted octanol–water partition coefficient (Wildman–Crippen LogP) is 1.92. The minimum Gasteiger partial charge on any atom is -0.459 e. The van der Waals surface area contributed by atoms with E-state index in [1.807, 2.05) is 6.07 Å². The van der Waals surface area contributed by atoms with Gasteiger partial charge < -0.3 is 20.0 Å². The Bertz CT molecular complexity index is 794. The molecule has 2 N–H and O–H groups in total. The quantitative estimate of drug-likeness (QED) is 0.426. The van der Waals surface area contributed by atoms with Crippen molar-refractivity contribution in [3.8, 4) is 0 Å². The summed E-state index contributed by atoms with van der Waals surface area (Å²) in [6.07, 6.45) is 5.88. The average molecular weight is 396 g/mol. The molecule has 1 aliphatic heterocycles. The first-order chi connectivity index (χ1) is 14.3. The van der Waals surface area contributed by atoms with Crippen molar-refractivity contribution in [1.29, 1.82) is 0 Å². The summed E-state index contributed by atoms with van der Waals surface area (Å²) in [5.74, 6) is 0.993. The molecule has 1 amide bonds. The Morgan fingerprint density at radius 1 is 1.07 bits per heavy atom. The predicted molar refractivity (Wildman–Crippen MR) is 116 cm³/mol. The van der Waals surface area contributed by atoms with Gasteiger partial charge in [0.05, 0.1) is 6.26 Å². The Hall–Kier alpha value is -3.06. The molecule has 2 heterocycles. The van der Waals surface area contributed by atoms with Gasteiger partial charge in [-0.25, -0.2) is 0 Å². The van der Waals surface area contributed by atoms with E-state index in [1.54, 1.807) is 19.2 Å². The molecule has 0 saturated carbocycles. The zero-order valence-corrected chi connectivity index (χ0v) is 16.9. The lowest BCUT2D eigenvalue weighted by atomic mass is 10.2. The SMILES string of the molecule is CN=C(NCCNC(=O)c1ccco1)N1CCN(CC=Cc2ccccc2)CC1. The van der Waals surface area contributed by atoms with Crippen molar-refractivity contribution in [2.45, 2.75) is 0 Å². The van der Waals surface area contributed by atoms with E-state index in [-0.39, 0.29) is 5.91 Å². The van der Waals surface area contributed by atoms with E-state index in [2.05, 4.69) is 61.8 Å². The Morgan fingerprint density at radius 2 is 1.83 bits per heavy atom. The number of aliphatic imine (C=N–C) groups is 1. The largest absolute Gasteiger partial charge is 0.459 e. The van der Waals surface area contributed by atoms with Gasteiger partial charge in [-0.05, 0) is 17.7 Å². The van der Waals surface area contributed by atoms with Gasteiger partial charge in [0.2, 0.25) is 0 Å². The maximum Gasteiger partial charge on any atom is 0.287 e. The Balaban J connectivity index is 1.34. The maximum atomic E-state index is 11.9. The minimum absolute atomic E-state index is 0.205. The summed E-state index contributed by atoms with van der Waals surface area (Å²) in [6, 6.07) is 13.7. The number of nitrogens with one attached hydrogen (secondary N) is 2. The molecule has 7 heteroatoms. The molecule has 154 valence electrons. The molecule has 0 bridgehead atoms. The van der Waals surface area contributed by atoms with Gasteiger partial charge in [0.1, 0.15) is 0 Å². The monoisotopic (exact) mass is 395 g/mol. The van der Waals surface area contributed by atoms with Gasteiger partial charge in [-0.2, -0.15) is 0 Å². The molecule has 1 aromatic heterocycles. The lowest BCUT2D eigenvalue weighted by Gasteiger charge is -2.36. The first kappa shape index (κ1) is 20.7. The van der Waals surface area contributed by atoms with Crippen LogP contribution in [0.5, 0.6) is 0 Å². The molecule has 0 spiro atoms. The molecule has 1 aliphatic rings. The maximum absolute atomic E-state index is 11.9. The Morgan fingerprint density at radius 3 is 2.52 bits per heavy atom. The van der Waals surface area contributed by atoms with Crippen LogP contribution in [0, 0.1) is 0 Å². The smallest absolute Gasteiger partial charge is 0.287 e. The van der Waals surface area contributed by atoms with Gasteiger partial charge in [-0.15, -0.1) is 0 Å². The summed E-state index contributed by atoms with van der Waals surface area (Å²) >= 11 is 0. The number of hydrogen-bond donors (Lipinski definition) is 2. The van der Waals surface area contributed by atoms with Gasteiger partial charge in [-0.3, -0.25) is 14.7 Å². The third-order valence-electron chi connectivity index (χ3n) is 4.80. The molecule has 29 heavy (non-hydrogen) atoms. The van der Waals surface area contributed by atoms with Crippen LogP contribution < -0.4 is 10.6 Å². The van der Waals surface area contributed by atoms with Crippen LogP contribution in [0.15, 0.2) is 64.2 Å². The third-order valence-corrected chi connectivity index (χ3v) is 4.80. The molecule has 1 fully saturated rings. The standard InChI is InChI=1S/C22H29N5O2/c1-23-22(25-12-11-24-21(28)20-10-6-18-29-20)27-16-14-26(15-17-27)13-5-9-19-7-3-2-4-8-19/h2-10,18H,11-17H2,1H3,(H,23,25)(H,24,28). The van der Waals surface area contributed by atoms with Crippen molar-refractivity contribution < 1.29 is 9.21 Å². The number of nitrogens with zero attached hydrogens (tertiary/aromatic N) is 3. The molecular weight excluding hydrogens is 366 g/mol. The number of carbonyl (C=O) groups is 1. The normalized spacial score (nSPS) is 15.6. The van der Waals surface area contributed by atoms with Crippen molar-refractivity contribution in [1.82, 2.24) is 20.4 Å². The fourth-order valence-electron chi connectivity index (χ4n) is 3.22. The number of benzene rings is 1. The molecule has 0 atom stereocenters. The second-order valence-corrected chi connectivity index (χ2v) is 6.81. The summed E-state index contributed by atoms with van der Waals surface area (Å²) in [6.45, 7) is 5.91. The molecular formula is C22H29N5O2. The van der Waals surface area contributed by atoms with Crippen LogP contribution in [0.2, 0.25) is 0 Å². The highest BCUT2D eigenvalue weighted by atomic mass is 16.3. The molecule has 0 unspecified atom stereocenters. The summed E-state index contributed by atoms with van der Waals surface area (Å²) in [5.41, 5.74) is 1.23. The minimum atomic E-state index is -0.205. The van der Waals surface area contributed by atoms with Crippen molar-refractivity contribution in [2.75, 3.05) is 52.9 Å². The van der Waals surface area contributed by atoms with E-state index in [4.69, 9.17) is 4.42 Å². The molecule has 0 aliphatic carbocycles. The van der Waals surface area contributed by atoms with Gasteiger partial charge in [0, 0.05) is 52.9 Å². The van der Waals surface area contributed by atoms with Crippen LogP contribution in [0.25, 0.3) is 6.08 Å². The number of guanidine groups is 1. The van der Waals surface area contributed by atoms with Gasteiger partial charge in [0.25, 0.3) is 5.91 Å². The topological polar surface area (TPSA) is 73.1 Å². The van der Waals surface area contributed by atoms with E-state index in [1.165, 1.54) is 11.8 Å². The van der Waals surface area contributed by atoms with E-state index in [0.717, 1.165) is 38.7 Å². The third kappa shape index (κ3) is 6.50. The fourth-order valence-corrected chi connectivity index (χ4v) is 3.22. The van der Waals surface area contributed by atoms with Crippen LogP contribution >= 0.6 is 0 Å². The highest BCUT2D eigenvalue weighted by Crippen LogP contribution is 2.05. The van der Waals surface area contributed by atoms with Crippen LogP contribution in [-0.2, 0) is 0 Å². The number of hydrogen-bond acceptors (Lipinski definition) is 4. The van der Waals surface area contributed by atoms with Crippen LogP contribution in [-0.4, -0.2) is 74.5 Å². The molecule has 1 saturated heterocycles. The van der Waals surface area contributed by atoms with Gasteiger partial charge in [-0.1, -0.05) is 42.5 Å². The second-order valence-electron chi connectivity index (χ2n) is 6.81. The Labute approximate surface area is 172 Å². The summed E-state index contributed by atoms with van der Waals surface area (Å²) in [4.78, 5) is 20.9. The second kappa shape index (κ2) is 11.1. The molecule has 0 radical (unpaired) electrons. The van der Waals surface area contributed by atoms with E-state index in [0.29, 0.717) is 18.8 Å². The van der Waals surface area contributed by atoms with Crippen molar-refractivity contribution in [3.63, 3.8) is 0 Å². The van der Waals surface area contributed by atoms with Gasteiger partial charge in [0.15, 0.2) is 11.7 Å². The summed E-state index contributed by atoms with van der Waals surface area (Å²) in [7, 11) is 1.79. The number of furan rings is 1. The van der Waals surface area contributed by atoms with E-state index >= 15 is 0 Å². The van der Waals surface area contributed by atoms with E-state index in [9.17, 15) is 4.79 Å². The highest BCUT2D eigenvalue weighted by molar-refractivity contribution is 5.91. The van der Waals surface area contributed by atoms with E-state index < -0.39 is 0 Å². The first-order valence-electron chi connectivity index (χ1n) is 9.97. The lowest BCUT2D eigenvalue weighted by molar-refractivity contribution is 0.0926. The van der Waals surface area contributed by atoms with Crippen molar-refractivity contribution >= 4 is 17.9 Å². The lowest BCUT2D eigenvalue weighted by Crippen LogP contribution is -2.53. The molecule has 2 aromatic rings. The van der Waals surface area contributed by atoms with Crippen molar-refractivity contribution in [3.05, 3.63) is 66.1 Å². The van der Waals surface area contributed by atoms with Gasteiger partial charge >= 0.3 is 0 Å². The van der Waals surface area contributed by atoms with Crippen LogP contribution in [0.3, 0.4) is 0 Å². The zero-order valence-electron chi connectivity index (χ0n) is 16.9. The molecule has 1 aromatic carbocycles. The highest BCUT2D eigenvalue weighted by Gasteiger charge is 2.18. The fraction of sp³-hybridized carbons (Fsp3) is 0.364. The van der Waals surface area contributed by atoms with Crippen LogP contribution in [0.4, 0.5) is 0 Å². The summed E-state index contributed by atoms with van der Waals surface area (Å²) < 4.78 is 5.08. The molecule has 3 rings (SSSR count). The van der Waals surface area contributed by atoms with Crippen LogP contribution in [0.1, 0.15) is 16.1 Å². The Kier molecular flexibility index (Phi) is 7.89. The number of rotatable bonds is 7. The van der Waals surface area contributed by atoms with Crippen molar-refractivity contribution in [2.24, 2.45) is 4.99 Å². The summed E-state index contributed by atoms with van der Waals surface area (Å²) in [5, 5.41) is 6.14. The number of amides is 1. The average Bonchev–Trinajstić information content (AvgIpc) is 3.30. The number of carbonyl (C=O) groups excluding carboxylic acids is 1. The zero-order chi connectivity index (χ0) is 20.3.